The maximum absolute atomic E-state index is 6.31. The summed E-state index contributed by atoms with van der Waals surface area (Å²) in [5.41, 5.74) is 2.83. The number of likely N-dealkylation sites (N-methyl/N-ethyl adjacent to an activating group) is 1. The zero-order valence-electron chi connectivity index (χ0n) is 14.4. The minimum atomic E-state index is -0.135. The van der Waals surface area contributed by atoms with Crippen LogP contribution in [0.5, 0.6) is 0 Å². The van der Waals surface area contributed by atoms with Gasteiger partial charge in [0.2, 0.25) is 0 Å². The first-order valence-corrected chi connectivity index (χ1v) is 8.50. The summed E-state index contributed by atoms with van der Waals surface area (Å²) in [6.45, 7) is 12.8. The summed E-state index contributed by atoms with van der Waals surface area (Å²) in [5, 5.41) is 3.47. The average Bonchev–Trinajstić information content (AvgIpc) is 2.79. The number of ether oxygens (including phenoxy) is 1. The van der Waals surface area contributed by atoms with Crippen molar-refractivity contribution in [3.05, 3.63) is 16.1 Å². The standard InChI is InChI=1S/C16H29N3OS/c1-11-13(21-10-18-11)9-19(7)8-12-14(17-6)16(4,5)20-15(12,2)3/h10,12,14,17H,8-9H2,1-7H3. The lowest BCUT2D eigenvalue weighted by molar-refractivity contribution is -0.0791. The van der Waals surface area contributed by atoms with Crippen LogP contribution in [0.15, 0.2) is 5.51 Å². The van der Waals surface area contributed by atoms with E-state index in [9.17, 15) is 0 Å². The van der Waals surface area contributed by atoms with Crippen molar-refractivity contribution < 1.29 is 4.74 Å². The molecule has 0 radical (unpaired) electrons. The van der Waals surface area contributed by atoms with E-state index in [0.29, 0.717) is 12.0 Å². The Morgan fingerprint density at radius 1 is 1.33 bits per heavy atom. The lowest BCUT2D eigenvalue weighted by Crippen LogP contribution is -2.49. The molecule has 2 atom stereocenters. The van der Waals surface area contributed by atoms with Crippen LogP contribution in [0.4, 0.5) is 0 Å². The number of hydrogen-bond acceptors (Lipinski definition) is 5. The van der Waals surface area contributed by atoms with Crippen LogP contribution in [-0.2, 0) is 11.3 Å². The third-order valence-corrected chi connectivity index (χ3v) is 5.57. The van der Waals surface area contributed by atoms with Crippen molar-refractivity contribution in [2.24, 2.45) is 5.92 Å². The molecule has 1 aromatic heterocycles. The van der Waals surface area contributed by atoms with Crippen LogP contribution in [0, 0.1) is 12.8 Å². The number of hydrogen-bond donors (Lipinski definition) is 1. The Labute approximate surface area is 132 Å². The average molecular weight is 311 g/mol. The van der Waals surface area contributed by atoms with Crippen LogP contribution in [0.3, 0.4) is 0 Å². The molecule has 1 aromatic rings. The summed E-state index contributed by atoms with van der Waals surface area (Å²) in [4.78, 5) is 8.09. The second-order valence-corrected chi connectivity index (χ2v) is 8.18. The maximum atomic E-state index is 6.31. The van der Waals surface area contributed by atoms with Crippen molar-refractivity contribution in [3.63, 3.8) is 0 Å². The second kappa shape index (κ2) is 5.95. The van der Waals surface area contributed by atoms with Gasteiger partial charge in [0, 0.05) is 29.9 Å². The quantitative estimate of drug-likeness (QED) is 0.907. The van der Waals surface area contributed by atoms with E-state index < -0.39 is 0 Å². The third kappa shape index (κ3) is 3.47. The first kappa shape index (κ1) is 16.9. The molecule has 1 fully saturated rings. The summed E-state index contributed by atoms with van der Waals surface area (Å²) < 4.78 is 6.31. The molecule has 2 rings (SSSR count). The summed E-state index contributed by atoms with van der Waals surface area (Å²) in [6, 6.07) is 0.359. The fourth-order valence-corrected chi connectivity index (χ4v) is 4.56. The van der Waals surface area contributed by atoms with E-state index in [1.807, 2.05) is 12.6 Å². The van der Waals surface area contributed by atoms with E-state index in [4.69, 9.17) is 4.74 Å². The predicted molar refractivity (Wildman–Crippen MR) is 88.8 cm³/mol. The molecule has 2 unspecified atom stereocenters. The monoisotopic (exact) mass is 311 g/mol. The molecule has 0 aliphatic carbocycles. The minimum absolute atomic E-state index is 0.117. The van der Waals surface area contributed by atoms with Gasteiger partial charge < -0.3 is 15.0 Å². The second-order valence-electron chi connectivity index (χ2n) is 7.24. The molecule has 1 aliphatic heterocycles. The normalized spacial score (nSPS) is 27.4. The Hall–Kier alpha value is -0.490. The lowest BCUT2D eigenvalue weighted by Gasteiger charge is -2.32. The predicted octanol–water partition coefficient (Wildman–Crippen LogP) is 2.67. The lowest BCUT2D eigenvalue weighted by atomic mass is 9.82. The van der Waals surface area contributed by atoms with Crippen molar-refractivity contribution in [1.82, 2.24) is 15.2 Å². The van der Waals surface area contributed by atoms with E-state index in [-0.39, 0.29) is 11.2 Å². The fourth-order valence-electron chi connectivity index (χ4n) is 3.70. The molecule has 5 heteroatoms. The fraction of sp³-hybridized carbons (Fsp3) is 0.812. The SMILES string of the molecule is CNC1C(CN(C)Cc2scnc2C)C(C)(C)OC1(C)C. The van der Waals surface area contributed by atoms with Gasteiger partial charge >= 0.3 is 0 Å². The third-order valence-electron chi connectivity index (χ3n) is 4.65. The van der Waals surface area contributed by atoms with E-state index in [1.165, 1.54) is 4.88 Å². The molecule has 1 saturated heterocycles. The summed E-state index contributed by atoms with van der Waals surface area (Å²) in [6.07, 6.45) is 0. The Morgan fingerprint density at radius 3 is 2.52 bits per heavy atom. The van der Waals surface area contributed by atoms with Crippen LogP contribution >= 0.6 is 11.3 Å². The van der Waals surface area contributed by atoms with Gasteiger partial charge in [0.05, 0.1) is 22.4 Å². The van der Waals surface area contributed by atoms with E-state index in [0.717, 1.165) is 18.8 Å². The highest BCUT2D eigenvalue weighted by Crippen LogP contribution is 2.42. The molecule has 0 spiro atoms. The topological polar surface area (TPSA) is 37.4 Å². The molecule has 0 aromatic carbocycles. The molecule has 2 heterocycles. The number of nitrogens with one attached hydrogen (secondary N) is 1. The molecule has 120 valence electrons. The van der Waals surface area contributed by atoms with Gasteiger partial charge in [-0.15, -0.1) is 11.3 Å². The van der Waals surface area contributed by atoms with Crippen molar-refractivity contribution in [1.29, 1.82) is 0 Å². The van der Waals surface area contributed by atoms with Crippen LogP contribution in [0.25, 0.3) is 0 Å². The number of thiazole rings is 1. The summed E-state index contributed by atoms with van der Waals surface area (Å²) in [7, 11) is 4.23. The molecular formula is C16H29N3OS. The first-order valence-electron chi connectivity index (χ1n) is 7.62. The molecule has 0 saturated carbocycles. The number of aromatic nitrogens is 1. The smallest absolute Gasteiger partial charge is 0.0798 e. The van der Waals surface area contributed by atoms with Gasteiger partial charge in [-0.1, -0.05) is 0 Å². The largest absolute Gasteiger partial charge is 0.368 e. The molecule has 0 bridgehead atoms. The molecule has 21 heavy (non-hydrogen) atoms. The van der Waals surface area contributed by atoms with Gasteiger partial charge in [-0.2, -0.15) is 0 Å². The van der Waals surface area contributed by atoms with E-state index in [1.54, 1.807) is 11.3 Å². The number of aryl methyl sites for hydroxylation is 1. The maximum Gasteiger partial charge on any atom is 0.0798 e. The molecule has 1 aliphatic rings. The van der Waals surface area contributed by atoms with Crippen LogP contribution in [0.2, 0.25) is 0 Å². The van der Waals surface area contributed by atoms with Gasteiger partial charge in [-0.3, -0.25) is 0 Å². The Morgan fingerprint density at radius 2 is 2.00 bits per heavy atom. The summed E-state index contributed by atoms with van der Waals surface area (Å²) in [5.74, 6) is 0.454. The Bertz CT molecular complexity index is 484. The zero-order chi connectivity index (χ0) is 15.8. The highest BCUT2D eigenvalue weighted by Gasteiger charge is 2.53. The zero-order valence-corrected chi connectivity index (χ0v) is 15.2. The highest BCUT2D eigenvalue weighted by atomic mass is 32.1. The van der Waals surface area contributed by atoms with Gasteiger partial charge in [0.1, 0.15) is 0 Å². The molecule has 0 amide bonds. The molecule has 4 nitrogen and oxygen atoms in total. The molecular weight excluding hydrogens is 282 g/mol. The van der Waals surface area contributed by atoms with E-state index in [2.05, 4.69) is 56.9 Å². The van der Waals surface area contributed by atoms with Gasteiger partial charge in [-0.25, -0.2) is 4.98 Å². The summed E-state index contributed by atoms with van der Waals surface area (Å²) >= 11 is 1.74. The minimum Gasteiger partial charge on any atom is -0.368 e. The van der Waals surface area contributed by atoms with Crippen molar-refractivity contribution in [2.75, 3.05) is 20.6 Å². The van der Waals surface area contributed by atoms with E-state index >= 15 is 0 Å². The first-order chi connectivity index (χ1) is 9.67. The van der Waals surface area contributed by atoms with Crippen LogP contribution < -0.4 is 5.32 Å². The highest BCUT2D eigenvalue weighted by molar-refractivity contribution is 7.09. The van der Waals surface area contributed by atoms with Gasteiger partial charge in [0.25, 0.3) is 0 Å². The van der Waals surface area contributed by atoms with Crippen LogP contribution in [-0.4, -0.2) is 47.8 Å². The Kier molecular flexibility index (Phi) is 4.78. The van der Waals surface area contributed by atoms with Gasteiger partial charge in [0.15, 0.2) is 0 Å². The van der Waals surface area contributed by atoms with Crippen LogP contribution in [0.1, 0.15) is 38.3 Å². The molecule has 1 N–H and O–H groups in total. The van der Waals surface area contributed by atoms with Crippen molar-refractivity contribution >= 4 is 11.3 Å². The van der Waals surface area contributed by atoms with Crippen molar-refractivity contribution in [2.45, 2.75) is 58.4 Å². The Balaban J connectivity index is 2.08. The number of nitrogens with zero attached hydrogens (tertiary/aromatic N) is 2. The van der Waals surface area contributed by atoms with Crippen molar-refractivity contribution in [3.8, 4) is 0 Å². The van der Waals surface area contributed by atoms with Gasteiger partial charge in [-0.05, 0) is 48.7 Å². The number of rotatable bonds is 5.